The predicted molar refractivity (Wildman–Crippen MR) is 141 cm³/mol. The van der Waals surface area contributed by atoms with Crippen molar-refractivity contribution in [2.45, 2.75) is 65.6 Å². The maximum Gasteiger partial charge on any atom is 0.256 e. The summed E-state index contributed by atoms with van der Waals surface area (Å²) in [6, 6.07) is 8.90. The summed E-state index contributed by atoms with van der Waals surface area (Å²) in [4.78, 5) is 30.6. The first-order valence-corrected chi connectivity index (χ1v) is 12.8. The van der Waals surface area contributed by atoms with E-state index >= 15 is 0 Å². The average Bonchev–Trinajstić information content (AvgIpc) is 3.18. The van der Waals surface area contributed by atoms with Gasteiger partial charge < -0.3 is 19.6 Å². The number of nitrogens with zero attached hydrogens (tertiary/aromatic N) is 2. The summed E-state index contributed by atoms with van der Waals surface area (Å²) in [7, 11) is 1.50. The van der Waals surface area contributed by atoms with Gasteiger partial charge in [-0.3, -0.25) is 14.5 Å². The van der Waals surface area contributed by atoms with Crippen LogP contribution in [0, 0.1) is 19.8 Å². The summed E-state index contributed by atoms with van der Waals surface area (Å²) < 4.78 is 33.9. The highest BCUT2D eigenvalue weighted by molar-refractivity contribution is 6.08. The Hall–Kier alpha value is -3.20. The van der Waals surface area contributed by atoms with Gasteiger partial charge in [-0.05, 0) is 71.7 Å². The maximum atomic E-state index is 13.5. The Morgan fingerprint density at radius 1 is 1.19 bits per heavy atom. The van der Waals surface area contributed by atoms with Gasteiger partial charge in [-0.1, -0.05) is 18.2 Å². The fourth-order valence-electron chi connectivity index (χ4n) is 5.67. The Labute approximate surface area is 215 Å². The molecule has 3 aromatic rings. The quantitative estimate of drug-likeness (QED) is 0.452. The molecule has 0 saturated carbocycles. The zero-order valence-electron chi connectivity index (χ0n) is 22.1. The topological polar surface area (TPSA) is 79.4 Å². The van der Waals surface area contributed by atoms with Crippen molar-refractivity contribution in [2.24, 2.45) is 5.92 Å². The number of para-hydroxylation sites is 1. The number of amides is 1. The van der Waals surface area contributed by atoms with Crippen LogP contribution >= 0.6 is 0 Å². The predicted octanol–water partition coefficient (Wildman–Crippen LogP) is 4.81. The van der Waals surface area contributed by atoms with Crippen LogP contribution in [0.4, 0.5) is 8.78 Å². The van der Waals surface area contributed by atoms with E-state index in [0.717, 1.165) is 29.4 Å². The fourth-order valence-corrected chi connectivity index (χ4v) is 5.67. The molecule has 0 bridgehead atoms. The van der Waals surface area contributed by atoms with Gasteiger partial charge in [-0.25, -0.2) is 8.78 Å². The molecule has 1 amide bonds. The van der Waals surface area contributed by atoms with E-state index < -0.39 is 12.5 Å². The van der Waals surface area contributed by atoms with E-state index in [9.17, 15) is 18.4 Å². The van der Waals surface area contributed by atoms with E-state index in [2.05, 4.69) is 21.8 Å². The number of piperidine rings is 1. The molecule has 2 unspecified atom stereocenters. The van der Waals surface area contributed by atoms with Gasteiger partial charge in [0.15, 0.2) is 0 Å². The fraction of sp³-hybridized carbons (Fsp3) is 0.500. The van der Waals surface area contributed by atoms with Crippen LogP contribution in [0.2, 0.25) is 0 Å². The molecule has 9 heteroatoms. The Morgan fingerprint density at radius 2 is 1.86 bits per heavy atom. The summed E-state index contributed by atoms with van der Waals surface area (Å²) in [5.41, 5.74) is 3.14. The number of pyridine rings is 1. The third-order valence-corrected chi connectivity index (χ3v) is 7.86. The number of ether oxygens (including phenoxy) is 1. The van der Waals surface area contributed by atoms with Crippen molar-refractivity contribution in [1.82, 2.24) is 19.8 Å². The van der Waals surface area contributed by atoms with Crippen LogP contribution in [0.15, 0.2) is 35.1 Å². The van der Waals surface area contributed by atoms with Crippen molar-refractivity contribution < 1.29 is 18.3 Å². The lowest BCUT2D eigenvalue weighted by Gasteiger charge is -2.38. The van der Waals surface area contributed by atoms with Crippen molar-refractivity contribution in [2.75, 3.05) is 20.2 Å². The van der Waals surface area contributed by atoms with Crippen LogP contribution in [0.1, 0.15) is 60.0 Å². The molecular formula is C28H36F2N4O3. The number of aromatic nitrogens is 2. The van der Waals surface area contributed by atoms with Crippen molar-refractivity contribution >= 4 is 16.8 Å². The highest BCUT2D eigenvalue weighted by atomic mass is 19.3. The largest absolute Gasteiger partial charge is 0.496 e. The number of hydrogen-bond acceptors (Lipinski definition) is 4. The van der Waals surface area contributed by atoms with Gasteiger partial charge in [0.1, 0.15) is 5.75 Å². The van der Waals surface area contributed by atoms with Crippen LogP contribution in [0.5, 0.6) is 5.75 Å². The molecule has 2 N–H and O–H groups in total. The van der Waals surface area contributed by atoms with E-state index in [4.69, 9.17) is 4.74 Å². The van der Waals surface area contributed by atoms with Crippen molar-refractivity contribution in [3.63, 3.8) is 0 Å². The highest BCUT2D eigenvalue weighted by Crippen LogP contribution is 2.36. The first kappa shape index (κ1) is 26.9. The maximum absolute atomic E-state index is 13.5. The lowest BCUT2D eigenvalue weighted by atomic mass is 9.89. The second-order valence-electron chi connectivity index (χ2n) is 10.0. The van der Waals surface area contributed by atoms with Gasteiger partial charge in [-0.15, -0.1) is 0 Å². The molecule has 0 aliphatic carbocycles. The number of halogens is 2. The Kier molecular flexibility index (Phi) is 8.02. The molecule has 200 valence electrons. The molecule has 4 rings (SSSR count). The standard InChI is InChI=1S/C28H36F2N4O3/c1-16-14-24(37-5)22(27(35)32-16)15-31-28(36)25-18(3)34(23-9-7-6-8-21(23)25)17(2)20-10-12-33(13-11-20)19(4)26(29)30/h6-9,14,17,19-20,26H,10-13,15H2,1-5H3,(H,31,36)(H,32,35). The number of methoxy groups -OCH3 is 1. The minimum Gasteiger partial charge on any atom is -0.496 e. The Balaban J connectivity index is 1.59. The SMILES string of the molecule is COc1cc(C)[nH]c(=O)c1CNC(=O)c1c(C)n(C(C)C2CCN(C(C)C(F)F)CC2)c2ccccc12. The zero-order chi connectivity index (χ0) is 26.9. The van der Waals surface area contributed by atoms with Gasteiger partial charge in [0.25, 0.3) is 17.9 Å². The number of likely N-dealkylation sites (tertiary alicyclic amines) is 1. The second-order valence-corrected chi connectivity index (χ2v) is 10.0. The molecule has 7 nitrogen and oxygen atoms in total. The van der Waals surface area contributed by atoms with Gasteiger partial charge in [0.2, 0.25) is 0 Å². The number of hydrogen-bond donors (Lipinski definition) is 2. The summed E-state index contributed by atoms with van der Waals surface area (Å²) in [5, 5.41) is 3.76. The van der Waals surface area contributed by atoms with Crippen molar-refractivity contribution in [3.05, 3.63) is 63.2 Å². The van der Waals surface area contributed by atoms with E-state index in [-0.39, 0.29) is 24.1 Å². The molecule has 2 aromatic heterocycles. The van der Waals surface area contributed by atoms with E-state index in [0.29, 0.717) is 41.6 Å². The molecule has 1 aliphatic rings. The molecule has 37 heavy (non-hydrogen) atoms. The highest BCUT2D eigenvalue weighted by Gasteiger charge is 2.32. The van der Waals surface area contributed by atoms with Gasteiger partial charge in [0.05, 0.1) is 30.8 Å². The molecule has 1 aliphatic heterocycles. The number of aryl methyl sites for hydroxylation is 1. The third-order valence-electron chi connectivity index (χ3n) is 7.86. The summed E-state index contributed by atoms with van der Waals surface area (Å²) in [5.74, 6) is 0.478. The molecule has 1 fully saturated rings. The first-order valence-electron chi connectivity index (χ1n) is 12.8. The van der Waals surface area contributed by atoms with E-state index in [1.807, 2.05) is 36.1 Å². The van der Waals surface area contributed by atoms with Crippen LogP contribution in [0.3, 0.4) is 0 Å². The normalized spacial score (nSPS) is 16.8. The molecule has 3 heterocycles. The summed E-state index contributed by atoms with van der Waals surface area (Å²) >= 11 is 0. The smallest absolute Gasteiger partial charge is 0.256 e. The second kappa shape index (κ2) is 11.0. The average molecular weight is 515 g/mol. The van der Waals surface area contributed by atoms with E-state index in [1.165, 1.54) is 7.11 Å². The molecule has 0 spiro atoms. The number of carbonyl (C=O) groups is 1. The summed E-state index contributed by atoms with van der Waals surface area (Å²) in [6.07, 6.45) is -0.704. The van der Waals surface area contributed by atoms with Crippen LogP contribution < -0.4 is 15.6 Å². The Morgan fingerprint density at radius 3 is 2.51 bits per heavy atom. The van der Waals surface area contributed by atoms with Crippen molar-refractivity contribution in [3.8, 4) is 5.75 Å². The van der Waals surface area contributed by atoms with Gasteiger partial charge >= 0.3 is 0 Å². The number of carbonyl (C=O) groups excluding carboxylic acids is 1. The molecule has 1 aromatic carbocycles. The number of benzene rings is 1. The number of H-pyrrole nitrogens is 1. The van der Waals surface area contributed by atoms with Gasteiger partial charge in [0, 0.05) is 28.3 Å². The zero-order valence-corrected chi connectivity index (χ0v) is 22.1. The first-order chi connectivity index (χ1) is 17.6. The van der Waals surface area contributed by atoms with Crippen LogP contribution in [-0.2, 0) is 6.54 Å². The van der Waals surface area contributed by atoms with Gasteiger partial charge in [-0.2, -0.15) is 0 Å². The number of alkyl halides is 2. The minimum atomic E-state index is -2.35. The van der Waals surface area contributed by atoms with E-state index in [1.54, 1.807) is 19.9 Å². The monoisotopic (exact) mass is 514 g/mol. The Bertz CT molecular complexity index is 1320. The van der Waals surface area contributed by atoms with Crippen LogP contribution in [0.25, 0.3) is 10.9 Å². The number of rotatable bonds is 8. The molecular weight excluding hydrogens is 478 g/mol. The lowest BCUT2D eigenvalue weighted by Crippen LogP contribution is -2.44. The number of nitrogens with one attached hydrogen (secondary N) is 2. The lowest BCUT2D eigenvalue weighted by molar-refractivity contribution is 0.0135. The molecule has 1 saturated heterocycles. The molecule has 0 radical (unpaired) electrons. The van der Waals surface area contributed by atoms with Crippen LogP contribution in [-0.4, -0.2) is 53.0 Å². The molecule has 2 atom stereocenters. The summed E-state index contributed by atoms with van der Waals surface area (Å²) in [6.45, 7) is 8.76. The number of fused-ring (bicyclic) bond motifs is 1. The minimum absolute atomic E-state index is 0.0346. The number of aromatic amines is 1. The van der Waals surface area contributed by atoms with Crippen molar-refractivity contribution in [1.29, 1.82) is 0 Å². The third kappa shape index (κ3) is 5.28.